The molecule has 1 aliphatic carbocycles. The van der Waals surface area contributed by atoms with Crippen molar-refractivity contribution in [1.29, 1.82) is 0 Å². The molecular formula is C18H21IN2. The van der Waals surface area contributed by atoms with Crippen LogP contribution in [0.4, 0.5) is 5.69 Å². The Kier molecular flexibility index (Phi) is 4.78. The first-order chi connectivity index (χ1) is 10.2. The van der Waals surface area contributed by atoms with E-state index in [9.17, 15) is 0 Å². The summed E-state index contributed by atoms with van der Waals surface area (Å²) in [7, 11) is 0. The highest BCUT2D eigenvalue weighted by Crippen LogP contribution is 2.28. The molecule has 3 rings (SSSR count). The SMILES string of the molecule is Cc1cc(N=Cc2ccn(C3CCCCC3)c2)ccc1I. The molecule has 1 saturated carbocycles. The van der Waals surface area contributed by atoms with E-state index in [4.69, 9.17) is 0 Å². The molecule has 0 amide bonds. The summed E-state index contributed by atoms with van der Waals surface area (Å²) in [6.45, 7) is 2.13. The second-order valence-electron chi connectivity index (χ2n) is 5.88. The third kappa shape index (κ3) is 3.76. The van der Waals surface area contributed by atoms with Gasteiger partial charge in [-0.3, -0.25) is 4.99 Å². The lowest BCUT2D eigenvalue weighted by atomic mass is 9.95. The van der Waals surface area contributed by atoms with Crippen LogP contribution in [0.5, 0.6) is 0 Å². The lowest BCUT2D eigenvalue weighted by Gasteiger charge is -2.23. The number of aromatic nitrogens is 1. The van der Waals surface area contributed by atoms with E-state index in [1.165, 1.54) is 46.8 Å². The van der Waals surface area contributed by atoms with Gasteiger partial charge >= 0.3 is 0 Å². The van der Waals surface area contributed by atoms with Crippen molar-refractivity contribution >= 4 is 34.5 Å². The third-order valence-electron chi connectivity index (χ3n) is 4.24. The third-order valence-corrected chi connectivity index (χ3v) is 5.45. The average Bonchev–Trinajstić information content (AvgIpc) is 2.98. The first kappa shape index (κ1) is 14.8. The van der Waals surface area contributed by atoms with Crippen LogP contribution in [0.3, 0.4) is 0 Å². The summed E-state index contributed by atoms with van der Waals surface area (Å²) in [6.07, 6.45) is 13.2. The van der Waals surface area contributed by atoms with Gasteiger partial charge in [-0.25, -0.2) is 0 Å². The Morgan fingerprint density at radius 2 is 2.00 bits per heavy atom. The Morgan fingerprint density at radius 1 is 1.19 bits per heavy atom. The van der Waals surface area contributed by atoms with E-state index in [-0.39, 0.29) is 0 Å². The number of hydrogen-bond acceptors (Lipinski definition) is 1. The zero-order chi connectivity index (χ0) is 14.7. The highest BCUT2D eigenvalue weighted by atomic mass is 127. The minimum atomic E-state index is 0.696. The molecule has 1 fully saturated rings. The van der Waals surface area contributed by atoms with Gasteiger partial charge in [-0.15, -0.1) is 0 Å². The van der Waals surface area contributed by atoms with Crippen molar-refractivity contribution < 1.29 is 0 Å². The molecule has 21 heavy (non-hydrogen) atoms. The molecule has 0 unspecified atom stereocenters. The topological polar surface area (TPSA) is 17.3 Å². The van der Waals surface area contributed by atoms with Crippen molar-refractivity contribution in [1.82, 2.24) is 4.57 Å². The molecule has 1 aromatic carbocycles. The van der Waals surface area contributed by atoms with Gasteiger partial charge in [-0.2, -0.15) is 0 Å². The van der Waals surface area contributed by atoms with Crippen molar-refractivity contribution in [3.8, 4) is 0 Å². The molecule has 0 spiro atoms. The predicted molar refractivity (Wildman–Crippen MR) is 97.7 cm³/mol. The van der Waals surface area contributed by atoms with E-state index in [0.29, 0.717) is 6.04 Å². The highest BCUT2D eigenvalue weighted by molar-refractivity contribution is 14.1. The molecule has 2 aromatic rings. The maximum absolute atomic E-state index is 4.60. The molecule has 0 radical (unpaired) electrons. The van der Waals surface area contributed by atoms with Gasteiger partial charge in [0.1, 0.15) is 0 Å². The van der Waals surface area contributed by atoms with Gasteiger partial charge in [-0.1, -0.05) is 19.3 Å². The fourth-order valence-corrected chi connectivity index (χ4v) is 3.31. The molecule has 0 N–H and O–H groups in total. The van der Waals surface area contributed by atoms with Crippen LogP contribution in [0, 0.1) is 10.5 Å². The summed E-state index contributed by atoms with van der Waals surface area (Å²) in [6, 6.07) is 9.19. The zero-order valence-electron chi connectivity index (χ0n) is 12.4. The van der Waals surface area contributed by atoms with Crippen LogP contribution in [0.1, 0.15) is 49.3 Å². The van der Waals surface area contributed by atoms with Crippen LogP contribution in [0.15, 0.2) is 41.7 Å². The Hall–Kier alpha value is -1.10. The fourth-order valence-electron chi connectivity index (χ4n) is 2.97. The first-order valence-corrected chi connectivity index (χ1v) is 8.78. The quantitative estimate of drug-likeness (QED) is 0.474. The molecule has 0 bridgehead atoms. The summed E-state index contributed by atoms with van der Waals surface area (Å²) < 4.78 is 3.66. The second kappa shape index (κ2) is 6.77. The van der Waals surface area contributed by atoms with E-state index in [2.05, 4.69) is 75.7 Å². The standard InChI is InChI=1S/C18H21IN2/c1-14-11-16(7-8-18(14)19)20-12-15-9-10-21(13-15)17-5-3-2-4-6-17/h7-13,17H,2-6H2,1H3. The smallest absolute Gasteiger partial charge is 0.0633 e. The molecule has 1 heterocycles. The largest absolute Gasteiger partial charge is 0.351 e. The maximum atomic E-state index is 4.60. The van der Waals surface area contributed by atoms with Gasteiger partial charge in [0, 0.05) is 33.8 Å². The zero-order valence-corrected chi connectivity index (χ0v) is 14.6. The number of aliphatic imine (C=N–C) groups is 1. The molecule has 2 nitrogen and oxygen atoms in total. The second-order valence-corrected chi connectivity index (χ2v) is 7.04. The Balaban J connectivity index is 1.71. The van der Waals surface area contributed by atoms with Crippen molar-refractivity contribution in [2.75, 3.05) is 0 Å². The molecule has 1 aliphatic rings. The normalized spacial score (nSPS) is 16.7. The summed E-state index contributed by atoms with van der Waals surface area (Å²) in [5.41, 5.74) is 3.50. The Labute approximate surface area is 140 Å². The van der Waals surface area contributed by atoms with Gasteiger partial charge < -0.3 is 4.57 Å². The van der Waals surface area contributed by atoms with E-state index in [0.717, 1.165) is 5.69 Å². The number of benzene rings is 1. The highest BCUT2D eigenvalue weighted by Gasteiger charge is 2.14. The van der Waals surface area contributed by atoms with Crippen LogP contribution in [0.2, 0.25) is 0 Å². The molecular weight excluding hydrogens is 371 g/mol. The van der Waals surface area contributed by atoms with Crippen LogP contribution in [0.25, 0.3) is 0 Å². The summed E-state index contributed by atoms with van der Waals surface area (Å²) in [4.78, 5) is 4.60. The molecule has 0 atom stereocenters. The van der Waals surface area contributed by atoms with Crippen LogP contribution in [-0.4, -0.2) is 10.8 Å². The van der Waals surface area contributed by atoms with E-state index in [1.54, 1.807) is 0 Å². The van der Waals surface area contributed by atoms with E-state index < -0.39 is 0 Å². The number of hydrogen-bond donors (Lipinski definition) is 0. The molecule has 110 valence electrons. The van der Waals surface area contributed by atoms with Gasteiger partial charge in [0.15, 0.2) is 0 Å². The van der Waals surface area contributed by atoms with E-state index >= 15 is 0 Å². The molecule has 0 aliphatic heterocycles. The minimum Gasteiger partial charge on any atom is -0.351 e. The van der Waals surface area contributed by atoms with Gasteiger partial charge in [0.2, 0.25) is 0 Å². The van der Waals surface area contributed by atoms with E-state index in [1.807, 2.05) is 6.21 Å². The lowest BCUT2D eigenvalue weighted by Crippen LogP contribution is -2.10. The number of aryl methyl sites for hydroxylation is 1. The van der Waals surface area contributed by atoms with Gasteiger partial charge in [0.25, 0.3) is 0 Å². The monoisotopic (exact) mass is 392 g/mol. The Morgan fingerprint density at radius 3 is 2.76 bits per heavy atom. The van der Waals surface area contributed by atoms with Crippen molar-refractivity contribution in [2.24, 2.45) is 4.99 Å². The van der Waals surface area contributed by atoms with Crippen molar-refractivity contribution in [3.05, 3.63) is 51.4 Å². The first-order valence-electron chi connectivity index (χ1n) is 7.70. The maximum Gasteiger partial charge on any atom is 0.0633 e. The molecule has 3 heteroatoms. The fraction of sp³-hybridized carbons (Fsp3) is 0.389. The van der Waals surface area contributed by atoms with Gasteiger partial charge in [0.05, 0.1) is 5.69 Å². The lowest BCUT2D eigenvalue weighted by molar-refractivity contribution is 0.354. The number of nitrogens with zero attached hydrogens (tertiary/aromatic N) is 2. The summed E-state index contributed by atoms with van der Waals surface area (Å²) >= 11 is 2.35. The average molecular weight is 392 g/mol. The molecule has 1 aromatic heterocycles. The van der Waals surface area contributed by atoms with Crippen LogP contribution >= 0.6 is 22.6 Å². The van der Waals surface area contributed by atoms with Gasteiger partial charge in [-0.05, 0) is 72.2 Å². The molecule has 0 saturated heterocycles. The van der Waals surface area contributed by atoms with Crippen LogP contribution in [-0.2, 0) is 0 Å². The van der Waals surface area contributed by atoms with Crippen molar-refractivity contribution in [2.45, 2.75) is 45.1 Å². The minimum absolute atomic E-state index is 0.696. The summed E-state index contributed by atoms with van der Waals surface area (Å²) in [5, 5.41) is 0. The summed E-state index contributed by atoms with van der Waals surface area (Å²) in [5.74, 6) is 0. The van der Waals surface area contributed by atoms with Crippen LogP contribution < -0.4 is 0 Å². The predicted octanol–water partition coefficient (Wildman–Crippen LogP) is 5.66. The number of halogens is 1. The Bertz CT molecular complexity index is 636. The number of rotatable bonds is 3. The van der Waals surface area contributed by atoms with Crippen molar-refractivity contribution in [3.63, 3.8) is 0 Å².